The molecule has 1 aromatic carbocycles. The molecular formula is C12H13NO5. The number of carbonyl (C=O) groups excluding carboxylic acids is 1. The predicted molar refractivity (Wildman–Crippen MR) is 63.3 cm³/mol. The maximum atomic E-state index is 11.2. The minimum absolute atomic E-state index is 0.0124. The molecule has 1 rings (SSSR count). The lowest BCUT2D eigenvalue weighted by atomic mass is 10.2. The Morgan fingerprint density at radius 3 is 2.72 bits per heavy atom. The van der Waals surface area contributed by atoms with Gasteiger partial charge in [-0.25, -0.2) is 4.79 Å². The van der Waals surface area contributed by atoms with Gasteiger partial charge in [-0.05, 0) is 17.7 Å². The first-order chi connectivity index (χ1) is 8.52. The molecule has 0 unspecified atom stereocenters. The molecule has 0 spiro atoms. The second kappa shape index (κ2) is 6.29. The van der Waals surface area contributed by atoms with E-state index in [9.17, 15) is 14.7 Å². The maximum Gasteiger partial charge on any atom is 0.328 e. The zero-order chi connectivity index (χ0) is 13.5. The van der Waals surface area contributed by atoms with Crippen molar-refractivity contribution in [3.05, 3.63) is 35.9 Å². The van der Waals surface area contributed by atoms with Crippen LogP contribution < -0.4 is 10.1 Å². The summed E-state index contributed by atoms with van der Waals surface area (Å²) in [5, 5.41) is 20.2. The fourth-order valence-corrected chi connectivity index (χ4v) is 1.23. The molecule has 0 heterocycles. The van der Waals surface area contributed by atoms with E-state index >= 15 is 0 Å². The van der Waals surface area contributed by atoms with Gasteiger partial charge in [-0.2, -0.15) is 0 Å². The van der Waals surface area contributed by atoms with Gasteiger partial charge >= 0.3 is 5.97 Å². The smallest absolute Gasteiger partial charge is 0.328 e. The van der Waals surface area contributed by atoms with Crippen molar-refractivity contribution < 1.29 is 24.5 Å². The monoisotopic (exact) mass is 251 g/mol. The van der Waals surface area contributed by atoms with E-state index < -0.39 is 11.9 Å². The van der Waals surface area contributed by atoms with Crippen LogP contribution in [0.4, 0.5) is 0 Å². The van der Waals surface area contributed by atoms with Crippen molar-refractivity contribution in [1.29, 1.82) is 0 Å². The van der Waals surface area contributed by atoms with Crippen LogP contribution in [0.15, 0.2) is 30.4 Å². The second-order valence-corrected chi connectivity index (χ2v) is 3.40. The fourth-order valence-electron chi connectivity index (χ4n) is 1.23. The van der Waals surface area contributed by atoms with Crippen LogP contribution in [0.3, 0.4) is 0 Å². The van der Waals surface area contributed by atoms with E-state index in [1.54, 1.807) is 12.1 Å². The van der Waals surface area contributed by atoms with Crippen molar-refractivity contribution in [3.63, 3.8) is 0 Å². The number of methoxy groups -OCH3 is 1. The van der Waals surface area contributed by atoms with Crippen molar-refractivity contribution >= 4 is 11.9 Å². The molecule has 1 aromatic rings. The number of benzene rings is 1. The lowest BCUT2D eigenvalue weighted by molar-refractivity contribution is -0.131. The third-order valence-electron chi connectivity index (χ3n) is 2.09. The minimum atomic E-state index is -1.18. The van der Waals surface area contributed by atoms with Gasteiger partial charge in [0.2, 0.25) is 5.91 Å². The number of hydrogen-bond donors (Lipinski definition) is 3. The number of carboxylic acid groups (broad SMARTS) is 1. The highest BCUT2D eigenvalue weighted by Crippen LogP contribution is 2.25. The number of amides is 1. The number of ether oxygens (including phenoxy) is 1. The van der Waals surface area contributed by atoms with E-state index in [0.717, 1.165) is 17.7 Å². The molecule has 0 fully saturated rings. The molecule has 0 aliphatic rings. The van der Waals surface area contributed by atoms with Gasteiger partial charge in [-0.1, -0.05) is 6.07 Å². The third-order valence-corrected chi connectivity index (χ3v) is 2.09. The van der Waals surface area contributed by atoms with Gasteiger partial charge in [0.15, 0.2) is 11.5 Å². The number of nitrogens with one attached hydrogen (secondary N) is 1. The molecule has 1 amide bonds. The highest BCUT2D eigenvalue weighted by atomic mass is 16.5. The van der Waals surface area contributed by atoms with Crippen LogP contribution in [0.5, 0.6) is 11.5 Å². The molecule has 96 valence electrons. The Balaban J connectivity index is 2.58. The summed E-state index contributed by atoms with van der Waals surface area (Å²) in [6.07, 6.45) is 1.69. The maximum absolute atomic E-state index is 11.2. The Bertz CT molecular complexity index is 481. The highest BCUT2D eigenvalue weighted by molar-refractivity contribution is 5.93. The molecule has 3 N–H and O–H groups in total. The topological polar surface area (TPSA) is 95.9 Å². The molecule has 0 atom stereocenters. The number of carboxylic acids is 1. The minimum Gasteiger partial charge on any atom is -0.504 e. The quantitative estimate of drug-likeness (QED) is 0.668. The number of aromatic hydroxyl groups is 1. The summed E-state index contributed by atoms with van der Waals surface area (Å²) in [4.78, 5) is 21.4. The molecule has 0 radical (unpaired) electrons. The van der Waals surface area contributed by atoms with Crippen molar-refractivity contribution in [1.82, 2.24) is 5.32 Å². The van der Waals surface area contributed by atoms with Crippen molar-refractivity contribution in [3.8, 4) is 11.5 Å². The van der Waals surface area contributed by atoms with Gasteiger partial charge in [0, 0.05) is 18.7 Å². The van der Waals surface area contributed by atoms with E-state index in [-0.39, 0.29) is 12.3 Å². The number of rotatable bonds is 5. The Kier molecular flexibility index (Phi) is 4.74. The molecule has 0 aromatic heterocycles. The summed E-state index contributed by atoms with van der Waals surface area (Å²) >= 11 is 0. The lowest BCUT2D eigenvalue weighted by Gasteiger charge is -2.07. The Labute approximate surface area is 104 Å². The number of aliphatic carboxylic acids is 1. The molecular weight excluding hydrogens is 238 g/mol. The third kappa shape index (κ3) is 4.17. The van der Waals surface area contributed by atoms with E-state index in [0.29, 0.717) is 5.75 Å². The number of carbonyl (C=O) groups is 2. The van der Waals surface area contributed by atoms with E-state index in [1.165, 1.54) is 13.2 Å². The van der Waals surface area contributed by atoms with Crippen LogP contribution in [-0.4, -0.2) is 29.2 Å². The Morgan fingerprint density at radius 2 is 2.11 bits per heavy atom. The molecule has 6 heteroatoms. The zero-order valence-electron chi connectivity index (χ0n) is 9.71. The zero-order valence-corrected chi connectivity index (χ0v) is 9.71. The summed E-state index contributed by atoms with van der Waals surface area (Å²) in [6.45, 7) is 0.208. The predicted octanol–water partition coefficient (Wildman–Crippen LogP) is 0.658. The van der Waals surface area contributed by atoms with E-state index in [1.807, 2.05) is 0 Å². The first-order valence-electron chi connectivity index (χ1n) is 5.07. The van der Waals surface area contributed by atoms with Crippen LogP contribution in [0.2, 0.25) is 0 Å². The molecule has 6 nitrogen and oxygen atoms in total. The Hall–Kier alpha value is -2.50. The van der Waals surface area contributed by atoms with Crippen LogP contribution >= 0.6 is 0 Å². The molecule has 0 saturated heterocycles. The number of phenolic OH excluding ortho intramolecular Hbond substituents is 1. The summed E-state index contributed by atoms with van der Waals surface area (Å²) < 4.78 is 4.92. The average molecular weight is 251 g/mol. The summed E-state index contributed by atoms with van der Waals surface area (Å²) in [5.41, 5.74) is 0.724. The summed E-state index contributed by atoms with van der Waals surface area (Å²) in [6, 6.07) is 4.66. The van der Waals surface area contributed by atoms with Crippen molar-refractivity contribution in [2.24, 2.45) is 0 Å². The van der Waals surface area contributed by atoms with Crippen molar-refractivity contribution in [2.75, 3.05) is 7.11 Å². The van der Waals surface area contributed by atoms with Gasteiger partial charge in [-0.3, -0.25) is 4.79 Å². The van der Waals surface area contributed by atoms with Gasteiger partial charge < -0.3 is 20.3 Å². The van der Waals surface area contributed by atoms with Crippen LogP contribution in [-0.2, 0) is 16.1 Å². The standard InChI is InChI=1S/C12H13NO5/c1-18-10-6-8(2-3-9(10)14)7-13-11(15)4-5-12(16)17/h2-6,14H,7H2,1H3,(H,13,15)(H,16,17)/b5-4-. The SMILES string of the molecule is COc1cc(CNC(=O)/C=C\C(=O)O)ccc1O. The summed E-state index contributed by atoms with van der Waals surface area (Å²) in [5.74, 6) is -1.37. The van der Waals surface area contributed by atoms with Gasteiger partial charge in [0.05, 0.1) is 7.11 Å². The number of phenols is 1. The molecule has 0 saturated carbocycles. The van der Waals surface area contributed by atoms with Gasteiger partial charge in [-0.15, -0.1) is 0 Å². The fraction of sp³-hybridized carbons (Fsp3) is 0.167. The van der Waals surface area contributed by atoms with Crippen LogP contribution in [0, 0.1) is 0 Å². The van der Waals surface area contributed by atoms with Crippen molar-refractivity contribution in [2.45, 2.75) is 6.54 Å². The van der Waals surface area contributed by atoms with E-state index in [2.05, 4.69) is 5.32 Å². The van der Waals surface area contributed by atoms with E-state index in [4.69, 9.17) is 9.84 Å². The molecule has 0 aliphatic heterocycles. The largest absolute Gasteiger partial charge is 0.504 e. The van der Waals surface area contributed by atoms with Crippen LogP contribution in [0.25, 0.3) is 0 Å². The highest BCUT2D eigenvalue weighted by Gasteiger charge is 2.03. The first kappa shape index (κ1) is 13.6. The molecule has 0 bridgehead atoms. The normalized spacial score (nSPS) is 10.3. The molecule has 18 heavy (non-hydrogen) atoms. The Morgan fingerprint density at radius 1 is 1.39 bits per heavy atom. The second-order valence-electron chi connectivity index (χ2n) is 3.40. The summed E-state index contributed by atoms with van der Waals surface area (Å²) in [7, 11) is 1.42. The van der Waals surface area contributed by atoms with Gasteiger partial charge in [0.25, 0.3) is 0 Å². The average Bonchev–Trinajstić information content (AvgIpc) is 2.35. The molecule has 0 aliphatic carbocycles. The lowest BCUT2D eigenvalue weighted by Crippen LogP contribution is -2.20. The van der Waals surface area contributed by atoms with Crippen LogP contribution in [0.1, 0.15) is 5.56 Å². The van der Waals surface area contributed by atoms with Gasteiger partial charge in [0.1, 0.15) is 0 Å². The first-order valence-corrected chi connectivity index (χ1v) is 5.07. The number of hydrogen-bond acceptors (Lipinski definition) is 4.